The number of aliphatic hydroxyl groups excluding tert-OH is 5. The minimum atomic E-state index is -1.55. The van der Waals surface area contributed by atoms with Crippen molar-refractivity contribution in [2.45, 2.75) is 309 Å². The third kappa shape index (κ3) is 43.1. The Morgan fingerprint density at radius 2 is 0.851 bits per heavy atom. The number of aromatic amines is 4. The molecule has 8 heterocycles. The molecule has 4 aromatic heterocycles. The van der Waals surface area contributed by atoms with Gasteiger partial charge in [0.1, 0.15) is 54.3 Å². The third-order valence-corrected chi connectivity index (χ3v) is 27.8. The Hall–Kier alpha value is -9.64. The fourth-order valence-electron chi connectivity index (χ4n) is 14.8. The van der Waals surface area contributed by atoms with Gasteiger partial charge in [0.05, 0.1) is 139 Å². The van der Waals surface area contributed by atoms with E-state index in [4.69, 9.17) is 120 Å². The molecule has 4 saturated heterocycles. The van der Waals surface area contributed by atoms with Crippen molar-refractivity contribution in [1.82, 2.24) is 47.5 Å². The number of nitrogens with one attached hydrogen (secondary N) is 4. The molecule has 4 aromatic rings. The molecule has 6 aliphatic rings. The molecule has 4 aliphatic heterocycles. The third-order valence-electron chi connectivity index (χ3n) is 21.3. The molecule has 19 atom stereocenters. The van der Waals surface area contributed by atoms with Gasteiger partial charge < -0.3 is 85.4 Å². The first kappa shape index (κ1) is 115. The van der Waals surface area contributed by atoms with E-state index in [0.29, 0.717) is 45.1 Å². The number of unbranched alkanes of at least 4 members (excludes halogenated alkanes) is 6. The summed E-state index contributed by atoms with van der Waals surface area (Å²) in [6.07, 6.45) is 32.4. The first-order valence-electron chi connectivity index (χ1n) is 49.2. The monoisotopic (exact) mass is 2050 g/mol. The van der Waals surface area contributed by atoms with Crippen LogP contribution in [0.5, 0.6) is 5.75 Å². The Labute approximate surface area is 839 Å². The number of aromatic nitrogens is 8. The normalized spacial score (nSPS) is 22.8. The van der Waals surface area contributed by atoms with Crippen molar-refractivity contribution in [2.75, 3.05) is 80.9 Å². The average Bonchev–Trinajstić information content (AvgIpc) is 1.62. The molecule has 9 unspecified atom stereocenters. The summed E-state index contributed by atoms with van der Waals surface area (Å²) in [5.41, 5.74) is -4.66. The molecule has 9 N–H and O–H groups in total. The van der Waals surface area contributed by atoms with Gasteiger partial charge in [-0.1, -0.05) is 35.5 Å². The van der Waals surface area contributed by atoms with E-state index >= 15 is 0 Å². The van der Waals surface area contributed by atoms with Gasteiger partial charge in [-0.15, -0.1) is 49.4 Å². The van der Waals surface area contributed by atoms with Crippen LogP contribution in [-0.4, -0.2) is 231 Å². The van der Waals surface area contributed by atoms with E-state index in [2.05, 4.69) is 122 Å². The van der Waals surface area contributed by atoms with Gasteiger partial charge >= 0.3 is 22.8 Å². The van der Waals surface area contributed by atoms with Crippen LogP contribution in [0.2, 0.25) is 0 Å². The van der Waals surface area contributed by atoms with Crippen LogP contribution in [0.25, 0.3) is 0 Å². The molecule has 0 radical (unpaired) electrons. The predicted molar refractivity (Wildman–Crippen MR) is 535 cm³/mol. The van der Waals surface area contributed by atoms with Gasteiger partial charge in [0.25, 0.3) is 39.3 Å². The lowest BCUT2D eigenvalue weighted by Crippen LogP contribution is -2.35. The van der Waals surface area contributed by atoms with Crippen LogP contribution in [0.4, 0.5) is 0 Å². The van der Waals surface area contributed by atoms with Crippen molar-refractivity contribution in [3.63, 3.8) is 0 Å². The molecular formula is C97H140N14O26P4. The van der Waals surface area contributed by atoms with Gasteiger partial charge in [0, 0.05) is 146 Å². The number of terminal acetylenes is 4. The van der Waals surface area contributed by atoms with E-state index in [1.807, 2.05) is 68.1 Å². The molecule has 774 valence electrons. The standard InChI is InChI=1S/C21H31N4O6P.C21H26N3O5P.C20H29N4O5P.C17H20N2O5.C15H22NO2P.3CH4O/c1-7-10-28-18-13-24(21(27)23-20(18)26)19-12-17(16(6)30-19)31-32(29-11-8-9-22)25(14(2)3)15(4)5;1-4-5-6-7-8-9-11-17-15-24(21(26)23-20(17)25)19-14-18(16(2)28-19)29-30(3)27-13-10-12-22;1-7-16-12-23(20(26)22-19(16)25)18-11-17(15(6)28-18)29-30(27-10-8-9-21)24(13(2)3)14(4)5;1-2-3-4-5-6-7-8-12-10-19(17(23)18-16(12)22)15-9-13(21)14(11-20)24-15;1-19(17-11-6-10-16)18-12-9-15-13-7-4-2-3-5-8-14(13)15;3*1-2/h1,13-17,19H,8,10-12H2,2-6H3,(H,23,26,27);1,15-16,18-19H,5-8,10,13-14H2,2-3H3,(H,23,25,26);1,12-15,17-18H,8,10-11H2,2-6H3,(H,22,25,26);1,10,13-15,20-21H,3-6,9,11H2,(H,18,22,23);13-15H,4-9,11-12H2,1H3;3*2H,1H3/t16-,17?,19-,32?;16-,18?,19-,30?;15-,17?,18-,30?;13?,14-,15-;13-,14+,15?,19?;;;/m1111..../s1/i6D;2D;6D;;;3*2T. The van der Waals surface area contributed by atoms with Gasteiger partial charge in [0.15, 0.2) is 16.8 Å². The van der Waals surface area contributed by atoms with Crippen LogP contribution >= 0.6 is 33.8 Å². The number of fused-ring (bicyclic) bond motifs is 1. The minimum absolute atomic E-state index is 0.0165. The highest BCUT2D eigenvalue weighted by Crippen LogP contribution is 2.55. The highest BCUT2D eigenvalue weighted by molar-refractivity contribution is 7.46. The number of H-pyrrole nitrogens is 4. The van der Waals surface area contributed by atoms with Gasteiger partial charge in [-0.3, -0.25) is 57.4 Å². The number of aliphatic hydroxyl groups is 5. The molecule has 10 rings (SSSR count). The quantitative estimate of drug-likeness (QED) is 0.0113. The molecule has 0 bridgehead atoms. The van der Waals surface area contributed by atoms with Crippen molar-refractivity contribution in [3.05, 3.63) is 125 Å². The number of hydrogen-bond acceptors (Lipinski definition) is 32. The molecule has 1 saturated carbocycles. The highest BCUT2D eigenvalue weighted by Gasteiger charge is 2.48. The maximum absolute atomic E-state index is 12.4. The van der Waals surface area contributed by atoms with Crippen molar-refractivity contribution >= 4 is 33.8 Å². The second-order valence-corrected chi connectivity index (χ2v) is 38.0. The Bertz CT molecular complexity index is 5630. The summed E-state index contributed by atoms with van der Waals surface area (Å²) in [4.78, 5) is 106. The molecule has 5 fully saturated rings. The smallest absolute Gasteiger partial charge is 0.330 e. The first-order chi connectivity index (χ1) is 70.6. The van der Waals surface area contributed by atoms with E-state index < -0.39 is 153 Å². The number of ether oxygens (including phenoxy) is 5. The van der Waals surface area contributed by atoms with E-state index in [-0.39, 0.29) is 139 Å². The van der Waals surface area contributed by atoms with Crippen molar-refractivity contribution in [2.24, 2.45) is 17.8 Å². The summed E-state index contributed by atoms with van der Waals surface area (Å²) in [6, 6.07) is 8.66. The van der Waals surface area contributed by atoms with Crippen LogP contribution in [0.1, 0.15) is 257 Å². The second-order valence-electron chi connectivity index (χ2n) is 32.5. The van der Waals surface area contributed by atoms with Gasteiger partial charge in [0.2, 0.25) is 10.0 Å². The number of nitrogens with zero attached hydrogens (tertiary/aromatic N) is 10. The number of nitriles is 4. The Morgan fingerprint density at radius 1 is 0.496 bits per heavy atom. The Morgan fingerprint density at radius 3 is 1.22 bits per heavy atom. The first-order valence-corrected chi connectivity index (χ1v) is 51.4. The fraction of sp³-hybridized carbons (Fsp3) is 0.649. The fourth-order valence-corrected chi connectivity index (χ4v) is 20.1. The summed E-state index contributed by atoms with van der Waals surface area (Å²) in [5.74, 6) is 30.0. The average molecular weight is 2050 g/mol. The Kier molecular flexibility index (Phi) is 57.2. The lowest BCUT2D eigenvalue weighted by Gasteiger charge is -2.37. The highest BCUT2D eigenvalue weighted by atomic mass is 31.2. The zero-order valence-electron chi connectivity index (χ0n) is 88.5. The van der Waals surface area contributed by atoms with Crippen LogP contribution in [-0.2, 0) is 55.1 Å². The van der Waals surface area contributed by atoms with Crippen LogP contribution in [0, 0.1) is 148 Å². The molecule has 2 aliphatic carbocycles. The summed E-state index contributed by atoms with van der Waals surface area (Å²) in [6.45, 7) is 21.3. The lowest BCUT2D eigenvalue weighted by molar-refractivity contribution is -0.0459. The molecule has 44 heteroatoms. The molecule has 0 aromatic carbocycles. The lowest BCUT2D eigenvalue weighted by atomic mass is 10.1. The van der Waals surface area contributed by atoms with Crippen LogP contribution in [0.15, 0.2) is 63.1 Å². The summed E-state index contributed by atoms with van der Waals surface area (Å²) < 4.78 is 125. The van der Waals surface area contributed by atoms with Crippen molar-refractivity contribution in [3.8, 4) is 115 Å². The van der Waals surface area contributed by atoms with E-state index in [0.717, 1.165) is 69.3 Å². The minimum Gasteiger partial charge on any atom is -0.474 e. The van der Waals surface area contributed by atoms with Crippen LogP contribution in [0.3, 0.4) is 0 Å². The summed E-state index contributed by atoms with van der Waals surface area (Å²) in [7, 11) is -1.25. The van der Waals surface area contributed by atoms with Crippen LogP contribution < -0.4 is 49.7 Å². The van der Waals surface area contributed by atoms with Gasteiger partial charge in [-0.25, -0.2) is 28.5 Å². The number of hydrogen-bond donors (Lipinski definition) is 9. The van der Waals surface area contributed by atoms with E-state index in [9.17, 15) is 43.5 Å². The summed E-state index contributed by atoms with van der Waals surface area (Å²) in [5, 5.41) is 64.1. The van der Waals surface area contributed by atoms with Crippen molar-refractivity contribution in [1.29, 1.82) is 25.3 Å². The van der Waals surface area contributed by atoms with E-state index in [1.165, 1.54) is 77.2 Å². The molecule has 141 heavy (non-hydrogen) atoms. The summed E-state index contributed by atoms with van der Waals surface area (Å²) >= 11 is 0. The number of rotatable bonds is 41. The van der Waals surface area contributed by atoms with Gasteiger partial charge in [-0.05, 0) is 139 Å². The topological polar surface area (TPSA) is 542 Å². The zero-order chi connectivity index (χ0) is 109. The predicted octanol–water partition coefficient (Wildman–Crippen LogP) is 9.90. The molecular weight excluding hydrogens is 1900 g/mol. The maximum atomic E-state index is 12.4. The van der Waals surface area contributed by atoms with Crippen molar-refractivity contribution < 1.29 is 89.5 Å². The molecule has 0 amide bonds. The largest absolute Gasteiger partial charge is 0.474 e. The second kappa shape index (κ2) is 70.1. The molecule has 0 spiro atoms. The van der Waals surface area contributed by atoms with Gasteiger partial charge in [-0.2, -0.15) is 21.0 Å². The van der Waals surface area contributed by atoms with E-state index in [1.54, 1.807) is 6.66 Å². The molecule has 40 nitrogen and oxygen atoms in total. The zero-order valence-corrected chi connectivity index (χ0v) is 86.0. The maximum Gasteiger partial charge on any atom is 0.330 e. The Balaban J connectivity index is 0.000000466. The SMILES string of the molecule is C#CCCCCC#Cc1cn([C@H]2CC(O)[C@@H](CO)O2)c(=O)[nH]c1=O.CP(OCCC#N)OCCC1[C@H]2CCC#CCC[C@@H]12.[2H]C[C@H]1O[C@@H](n2cc(C#C)c(=O)[nH]c2=O)CC1OP(OCCC#N)N(C(C)C)C(C)C.[2H]C[C@H]1O[C@@H](n2cc(C#CCCCCC#C)c(=O)[nH]c2=O)CC1OP(C)OCCC#N.[2H]C[C@H]1O[C@@H](n2cc(OCC#C)c(=O)[nH]c2=O)CC1OP(OCCC#N)N(C(C)C)C(C)C.[3H]OC.[3H]OC.[3H]OC.